The van der Waals surface area contributed by atoms with Crippen LogP contribution in [0, 0.1) is 11.8 Å². The van der Waals surface area contributed by atoms with Gasteiger partial charge < -0.3 is 15.5 Å². The number of amides is 1. The van der Waals surface area contributed by atoms with Gasteiger partial charge in [-0.15, -0.1) is 24.0 Å². The maximum Gasteiger partial charge on any atom is 0.241 e. The molecule has 1 aromatic heterocycles. The lowest BCUT2D eigenvalue weighted by Crippen LogP contribution is -2.48. The largest absolute Gasteiger partial charge is 0.353 e. The van der Waals surface area contributed by atoms with Crippen LogP contribution in [0.5, 0.6) is 0 Å². The molecule has 6 nitrogen and oxygen atoms in total. The van der Waals surface area contributed by atoms with E-state index in [4.69, 9.17) is 11.6 Å². The van der Waals surface area contributed by atoms with E-state index < -0.39 is 0 Å². The Labute approximate surface area is 177 Å². The third kappa shape index (κ3) is 5.70. The maximum atomic E-state index is 11.9. The van der Waals surface area contributed by atoms with E-state index in [1.54, 1.807) is 25.2 Å². The molecular formula is C18H27ClIN5O. The Balaban J connectivity index is 0.00000243. The zero-order chi connectivity index (χ0) is 17.8. The van der Waals surface area contributed by atoms with E-state index in [0.29, 0.717) is 23.6 Å². The molecule has 2 aliphatic carbocycles. The highest BCUT2D eigenvalue weighted by Crippen LogP contribution is 2.44. The molecule has 0 saturated heterocycles. The van der Waals surface area contributed by atoms with Crippen LogP contribution in [0.15, 0.2) is 23.3 Å². The van der Waals surface area contributed by atoms with E-state index in [2.05, 4.69) is 20.6 Å². The number of aliphatic imine (C=N–C) groups is 1. The molecule has 2 saturated carbocycles. The third-order valence-electron chi connectivity index (χ3n) is 5.15. The number of hydrogen-bond acceptors (Lipinski definition) is 3. The van der Waals surface area contributed by atoms with Gasteiger partial charge in [0.05, 0.1) is 23.8 Å². The summed E-state index contributed by atoms with van der Waals surface area (Å²) in [6.07, 6.45) is 6.80. The number of halogens is 2. The second-order valence-corrected chi connectivity index (χ2v) is 7.64. The number of pyridine rings is 1. The average molecular weight is 492 g/mol. The molecule has 144 valence electrons. The number of hydrogen-bond donors (Lipinski definition) is 2. The van der Waals surface area contributed by atoms with Crippen LogP contribution in [0.2, 0.25) is 5.02 Å². The van der Waals surface area contributed by atoms with Crippen LogP contribution in [-0.2, 0) is 11.3 Å². The van der Waals surface area contributed by atoms with E-state index in [1.165, 1.54) is 25.7 Å². The number of nitrogens with one attached hydrogen (secondary N) is 2. The lowest BCUT2D eigenvalue weighted by atomic mass is 9.95. The summed E-state index contributed by atoms with van der Waals surface area (Å²) in [4.78, 5) is 22.3. The summed E-state index contributed by atoms with van der Waals surface area (Å²) >= 11 is 5.87. The topological polar surface area (TPSA) is 69.6 Å². The van der Waals surface area contributed by atoms with Gasteiger partial charge in [0, 0.05) is 26.3 Å². The Hall–Kier alpha value is -1.09. The summed E-state index contributed by atoms with van der Waals surface area (Å²) in [6.45, 7) is 0.678. The van der Waals surface area contributed by atoms with Crippen molar-refractivity contribution in [1.29, 1.82) is 0 Å². The second-order valence-electron chi connectivity index (χ2n) is 7.20. The molecular weight excluding hydrogens is 465 g/mol. The van der Waals surface area contributed by atoms with Gasteiger partial charge in [-0.3, -0.25) is 9.78 Å². The monoisotopic (exact) mass is 491 g/mol. The van der Waals surface area contributed by atoms with Crippen molar-refractivity contribution in [2.75, 3.05) is 20.6 Å². The van der Waals surface area contributed by atoms with E-state index in [0.717, 1.165) is 17.5 Å². The van der Waals surface area contributed by atoms with Crippen LogP contribution in [0.25, 0.3) is 0 Å². The van der Waals surface area contributed by atoms with Crippen LogP contribution < -0.4 is 10.6 Å². The van der Waals surface area contributed by atoms with Gasteiger partial charge in [0.15, 0.2) is 5.96 Å². The Morgan fingerprint density at radius 3 is 2.73 bits per heavy atom. The number of nitrogens with zero attached hydrogens (tertiary/aromatic N) is 3. The summed E-state index contributed by atoms with van der Waals surface area (Å²) in [5.74, 6) is 2.29. The van der Waals surface area contributed by atoms with Crippen molar-refractivity contribution >= 4 is 47.4 Å². The predicted octanol–water partition coefficient (Wildman–Crippen LogP) is 2.67. The fraction of sp³-hybridized carbons (Fsp3) is 0.611. The minimum Gasteiger partial charge on any atom is -0.353 e. The summed E-state index contributed by atoms with van der Waals surface area (Å²) in [5.41, 5.74) is 0.845. The van der Waals surface area contributed by atoms with Gasteiger partial charge in [0.1, 0.15) is 0 Å². The molecule has 0 aromatic carbocycles. The highest BCUT2D eigenvalue weighted by atomic mass is 127. The lowest BCUT2D eigenvalue weighted by Gasteiger charge is -2.25. The van der Waals surface area contributed by atoms with Crippen LogP contribution in [0.3, 0.4) is 0 Å². The Bertz CT molecular complexity index is 637. The Kier molecular flexibility index (Phi) is 7.94. The fourth-order valence-electron chi connectivity index (χ4n) is 3.73. The molecule has 1 amide bonds. The number of fused-ring (bicyclic) bond motifs is 2. The third-order valence-corrected chi connectivity index (χ3v) is 5.38. The number of carbonyl (C=O) groups is 1. The molecule has 8 heteroatoms. The minimum atomic E-state index is 0. The quantitative estimate of drug-likeness (QED) is 0.377. The van der Waals surface area contributed by atoms with Crippen molar-refractivity contribution in [2.45, 2.75) is 38.3 Å². The zero-order valence-electron chi connectivity index (χ0n) is 15.2. The molecule has 26 heavy (non-hydrogen) atoms. The summed E-state index contributed by atoms with van der Waals surface area (Å²) in [7, 11) is 3.50. The molecule has 1 heterocycles. The molecule has 0 spiro atoms. The molecule has 2 aliphatic rings. The van der Waals surface area contributed by atoms with Gasteiger partial charge >= 0.3 is 0 Å². The van der Waals surface area contributed by atoms with E-state index in [9.17, 15) is 4.79 Å². The molecule has 3 rings (SSSR count). The molecule has 3 atom stereocenters. The highest BCUT2D eigenvalue weighted by Gasteiger charge is 2.39. The summed E-state index contributed by atoms with van der Waals surface area (Å²) in [5, 5.41) is 7.31. The SMILES string of the molecule is CN(C)C(=O)CNC(=NCc1ccc(Cl)cn1)NC1CC2CCC1C2.I. The number of rotatable bonds is 5. The van der Waals surface area contributed by atoms with Crippen molar-refractivity contribution in [3.63, 3.8) is 0 Å². The number of aromatic nitrogens is 1. The molecule has 3 unspecified atom stereocenters. The van der Waals surface area contributed by atoms with Crippen molar-refractivity contribution in [2.24, 2.45) is 16.8 Å². The highest BCUT2D eigenvalue weighted by molar-refractivity contribution is 14.0. The first kappa shape index (κ1) is 21.2. The maximum absolute atomic E-state index is 11.9. The fourth-order valence-corrected chi connectivity index (χ4v) is 3.84. The zero-order valence-corrected chi connectivity index (χ0v) is 18.3. The first-order valence-electron chi connectivity index (χ1n) is 8.86. The predicted molar refractivity (Wildman–Crippen MR) is 115 cm³/mol. The number of carbonyl (C=O) groups excluding carboxylic acids is 1. The first-order valence-corrected chi connectivity index (χ1v) is 9.24. The molecule has 0 radical (unpaired) electrons. The summed E-state index contributed by atoms with van der Waals surface area (Å²) < 4.78 is 0. The number of likely N-dealkylation sites (N-methyl/N-ethyl adjacent to an activating group) is 1. The summed E-state index contributed by atoms with van der Waals surface area (Å²) in [6, 6.07) is 4.13. The number of guanidine groups is 1. The normalized spacial score (nSPS) is 24.1. The van der Waals surface area contributed by atoms with Crippen LogP contribution in [-0.4, -0.2) is 48.4 Å². The van der Waals surface area contributed by atoms with Crippen molar-refractivity contribution in [3.8, 4) is 0 Å². The van der Waals surface area contributed by atoms with Gasteiger partial charge in [-0.25, -0.2) is 4.99 Å². The average Bonchev–Trinajstić information content (AvgIpc) is 3.21. The smallest absolute Gasteiger partial charge is 0.241 e. The minimum absolute atomic E-state index is 0. The molecule has 2 bridgehead atoms. The molecule has 2 fully saturated rings. The first-order chi connectivity index (χ1) is 12.0. The molecule has 1 aromatic rings. The van der Waals surface area contributed by atoms with E-state index >= 15 is 0 Å². The van der Waals surface area contributed by atoms with Crippen LogP contribution >= 0.6 is 35.6 Å². The molecule has 2 N–H and O–H groups in total. The second kappa shape index (κ2) is 9.73. The molecule has 0 aliphatic heterocycles. The lowest BCUT2D eigenvalue weighted by molar-refractivity contribution is -0.127. The van der Waals surface area contributed by atoms with Gasteiger partial charge in [-0.2, -0.15) is 0 Å². The van der Waals surface area contributed by atoms with Gasteiger partial charge in [0.25, 0.3) is 0 Å². The van der Waals surface area contributed by atoms with Crippen LogP contribution in [0.1, 0.15) is 31.4 Å². The van der Waals surface area contributed by atoms with Gasteiger partial charge in [-0.1, -0.05) is 18.0 Å². The Morgan fingerprint density at radius 1 is 1.35 bits per heavy atom. The van der Waals surface area contributed by atoms with E-state index in [1.807, 2.05) is 12.1 Å². The van der Waals surface area contributed by atoms with Gasteiger partial charge in [-0.05, 0) is 43.2 Å². The van der Waals surface area contributed by atoms with Crippen molar-refractivity contribution < 1.29 is 4.79 Å². The van der Waals surface area contributed by atoms with E-state index in [-0.39, 0.29) is 36.4 Å². The Morgan fingerprint density at radius 2 is 2.15 bits per heavy atom. The van der Waals surface area contributed by atoms with Crippen LogP contribution in [0.4, 0.5) is 0 Å². The standard InChI is InChI=1S/C18H26ClN5O.HI/c1-24(2)17(25)11-22-18(21-10-15-6-5-14(19)9-20-15)23-16-8-12-3-4-13(16)7-12;/h5-6,9,12-13,16H,3-4,7-8,10-11H2,1-2H3,(H2,21,22,23);1H. The van der Waals surface area contributed by atoms with Gasteiger partial charge in [0.2, 0.25) is 5.91 Å². The van der Waals surface area contributed by atoms with Crippen molar-refractivity contribution in [3.05, 3.63) is 29.0 Å². The van der Waals surface area contributed by atoms with Crippen molar-refractivity contribution in [1.82, 2.24) is 20.5 Å².